The molecule has 2 atom stereocenters. The number of hydrogen-bond acceptors (Lipinski definition) is 5. The van der Waals surface area contributed by atoms with Crippen LogP contribution in [0.5, 0.6) is 5.75 Å². The lowest BCUT2D eigenvalue weighted by atomic mass is 10.0. The fraction of sp³-hybridized carbons (Fsp3) is 0.567. The van der Waals surface area contributed by atoms with Crippen molar-refractivity contribution in [3.05, 3.63) is 65.2 Å². The maximum Gasteiger partial charge on any atom is 0.407 e. The highest BCUT2D eigenvalue weighted by Gasteiger charge is 2.25. The van der Waals surface area contributed by atoms with E-state index >= 15 is 0 Å². The van der Waals surface area contributed by atoms with Crippen molar-refractivity contribution in [2.75, 3.05) is 13.2 Å². The minimum atomic E-state index is -0.800. The summed E-state index contributed by atoms with van der Waals surface area (Å²) in [5.74, 6) is 0.809. The maximum atomic E-state index is 12.5. The van der Waals surface area contributed by atoms with Gasteiger partial charge in [-0.05, 0) is 68.9 Å². The normalized spacial score (nSPS) is 13.2. The summed E-state index contributed by atoms with van der Waals surface area (Å²) < 4.78 is 11.4. The molecule has 6 heteroatoms. The van der Waals surface area contributed by atoms with Gasteiger partial charge in [0, 0.05) is 13.1 Å². The molecule has 0 heterocycles. The van der Waals surface area contributed by atoms with Crippen LogP contribution in [0.2, 0.25) is 0 Å². The Hall–Kier alpha value is -2.57. The number of unbranched alkanes of at least 4 members (excludes halogenated alkanes) is 3. The second kappa shape index (κ2) is 15.5. The van der Waals surface area contributed by atoms with Gasteiger partial charge in [-0.15, -0.1) is 0 Å². The minimum Gasteiger partial charge on any atom is -0.494 e. The van der Waals surface area contributed by atoms with Crippen LogP contribution in [0.3, 0.4) is 0 Å². The highest BCUT2D eigenvalue weighted by molar-refractivity contribution is 5.68. The van der Waals surface area contributed by atoms with E-state index in [0.717, 1.165) is 24.2 Å². The van der Waals surface area contributed by atoms with Crippen LogP contribution < -0.4 is 15.4 Å². The number of aryl methyl sites for hydroxylation is 1. The van der Waals surface area contributed by atoms with E-state index in [1.807, 2.05) is 45.0 Å². The van der Waals surface area contributed by atoms with E-state index in [1.165, 1.54) is 30.4 Å². The van der Waals surface area contributed by atoms with Crippen molar-refractivity contribution in [3.63, 3.8) is 0 Å². The van der Waals surface area contributed by atoms with Crippen molar-refractivity contribution < 1.29 is 19.4 Å². The van der Waals surface area contributed by atoms with Gasteiger partial charge >= 0.3 is 6.09 Å². The molecule has 1 amide bonds. The third-order valence-corrected chi connectivity index (χ3v) is 5.87. The first-order chi connectivity index (χ1) is 17.2. The van der Waals surface area contributed by atoms with Crippen LogP contribution in [0, 0.1) is 0 Å². The van der Waals surface area contributed by atoms with E-state index in [4.69, 9.17) is 9.47 Å². The standard InChI is InChI=1S/C30H46N2O4/c1-6-8-9-10-17-35-26-16-12-14-24(19-26)20-27(32-29(34)36-30(3,4)5)28(33)22-31-21-25-15-11-13-23(7-2)18-25/h11-16,18-19,27-28,31,33H,6-10,17,20-22H2,1-5H3,(H,32,34)/t27-,28+/m0/s1. The molecule has 2 rings (SSSR count). The van der Waals surface area contributed by atoms with Crippen LogP contribution in [0.1, 0.15) is 77.0 Å². The van der Waals surface area contributed by atoms with Crippen molar-refractivity contribution in [2.45, 2.75) is 97.4 Å². The average molecular weight is 499 g/mol. The first kappa shape index (κ1) is 29.7. The molecule has 0 saturated heterocycles. The highest BCUT2D eigenvalue weighted by Crippen LogP contribution is 2.17. The molecule has 0 aliphatic rings. The summed E-state index contributed by atoms with van der Waals surface area (Å²) >= 11 is 0. The SMILES string of the molecule is CCCCCCOc1cccc(C[C@H](NC(=O)OC(C)(C)C)[C@H](O)CNCc2cccc(CC)c2)c1. The Bertz CT molecular complexity index is 910. The quantitative estimate of drug-likeness (QED) is 0.271. The predicted molar refractivity (Wildman–Crippen MR) is 146 cm³/mol. The fourth-order valence-corrected chi connectivity index (χ4v) is 3.94. The second-order valence-electron chi connectivity index (χ2n) is 10.4. The van der Waals surface area contributed by atoms with Gasteiger partial charge < -0.3 is 25.2 Å². The molecule has 2 aromatic rings. The molecule has 0 bridgehead atoms. The van der Waals surface area contributed by atoms with Crippen LogP contribution in [0.25, 0.3) is 0 Å². The number of carbonyl (C=O) groups excluding carboxylic acids is 1. The Morgan fingerprint density at radius 3 is 2.42 bits per heavy atom. The van der Waals surface area contributed by atoms with Gasteiger partial charge in [0.2, 0.25) is 0 Å². The van der Waals surface area contributed by atoms with Crippen molar-refractivity contribution in [1.82, 2.24) is 10.6 Å². The molecule has 0 aliphatic carbocycles. The number of rotatable bonds is 15. The first-order valence-electron chi connectivity index (χ1n) is 13.4. The zero-order valence-electron chi connectivity index (χ0n) is 22.8. The molecule has 3 N–H and O–H groups in total. The zero-order valence-corrected chi connectivity index (χ0v) is 22.8. The average Bonchev–Trinajstić information content (AvgIpc) is 2.82. The molecule has 200 valence electrons. The van der Waals surface area contributed by atoms with Crippen molar-refractivity contribution in [2.24, 2.45) is 0 Å². The number of nitrogens with one attached hydrogen (secondary N) is 2. The summed E-state index contributed by atoms with van der Waals surface area (Å²) in [5, 5.41) is 17.2. The van der Waals surface area contributed by atoms with Crippen LogP contribution in [-0.2, 0) is 24.1 Å². The summed E-state index contributed by atoms with van der Waals surface area (Å²) in [4.78, 5) is 12.5. The van der Waals surface area contributed by atoms with Gasteiger partial charge in [-0.25, -0.2) is 4.79 Å². The third kappa shape index (κ3) is 11.9. The third-order valence-electron chi connectivity index (χ3n) is 5.87. The molecule has 0 fully saturated rings. The largest absolute Gasteiger partial charge is 0.494 e. The van der Waals surface area contributed by atoms with Crippen molar-refractivity contribution in [3.8, 4) is 5.75 Å². The van der Waals surface area contributed by atoms with Gasteiger partial charge in [0.15, 0.2) is 0 Å². The molecule has 0 aliphatic heterocycles. The Labute approximate surface area is 217 Å². The number of benzene rings is 2. The van der Waals surface area contributed by atoms with E-state index in [0.29, 0.717) is 26.1 Å². The Kier molecular flexibility index (Phi) is 12.8. The smallest absolute Gasteiger partial charge is 0.407 e. The van der Waals surface area contributed by atoms with Gasteiger partial charge in [0.25, 0.3) is 0 Å². The second-order valence-corrected chi connectivity index (χ2v) is 10.4. The molecule has 36 heavy (non-hydrogen) atoms. The molecular weight excluding hydrogens is 452 g/mol. The fourth-order valence-electron chi connectivity index (χ4n) is 3.94. The summed E-state index contributed by atoms with van der Waals surface area (Å²) in [6.07, 6.45) is 4.73. The summed E-state index contributed by atoms with van der Waals surface area (Å²) in [7, 11) is 0. The number of aliphatic hydroxyl groups is 1. The Balaban J connectivity index is 2.01. The lowest BCUT2D eigenvalue weighted by Crippen LogP contribution is -2.49. The molecule has 6 nitrogen and oxygen atoms in total. The molecular formula is C30H46N2O4. The monoisotopic (exact) mass is 498 g/mol. The lowest BCUT2D eigenvalue weighted by molar-refractivity contribution is 0.0422. The Morgan fingerprint density at radius 2 is 1.69 bits per heavy atom. The van der Waals surface area contributed by atoms with Gasteiger partial charge in [0.05, 0.1) is 18.8 Å². The number of carbonyl (C=O) groups is 1. The van der Waals surface area contributed by atoms with Gasteiger partial charge in [0.1, 0.15) is 11.4 Å². The number of hydrogen-bond donors (Lipinski definition) is 3. The molecule has 2 aromatic carbocycles. The number of aliphatic hydroxyl groups excluding tert-OH is 1. The summed E-state index contributed by atoms with van der Waals surface area (Å²) in [6, 6.07) is 15.8. The molecule has 0 radical (unpaired) electrons. The van der Waals surface area contributed by atoms with E-state index in [-0.39, 0.29) is 0 Å². The topological polar surface area (TPSA) is 79.8 Å². The van der Waals surface area contributed by atoms with E-state index in [9.17, 15) is 9.90 Å². The molecule has 0 saturated carbocycles. The molecule has 0 aromatic heterocycles. The Morgan fingerprint density at radius 1 is 0.972 bits per heavy atom. The molecule has 0 unspecified atom stereocenters. The number of amides is 1. The lowest BCUT2D eigenvalue weighted by Gasteiger charge is -2.27. The van der Waals surface area contributed by atoms with Gasteiger partial charge in [-0.2, -0.15) is 0 Å². The maximum absolute atomic E-state index is 12.5. The number of alkyl carbamates (subject to hydrolysis) is 1. The summed E-state index contributed by atoms with van der Waals surface area (Å²) in [5.41, 5.74) is 2.82. The van der Waals surface area contributed by atoms with Crippen LogP contribution in [-0.4, -0.2) is 42.1 Å². The van der Waals surface area contributed by atoms with E-state index in [2.05, 4.69) is 48.7 Å². The first-order valence-corrected chi connectivity index (χ1v) is 13.4. The van der Waals surface area contributed by atoms with Crippen LogP contribution >= 0.6 is 0 Å². The van der Waals surface area contributed by atoms with Crippen molar-refractivity contribution >= 4 is 6.09 Å². The van der Waals surface area contributed by atoms with E-state index < -0.39 is 23.8 Å². The van der Waals surface area contributed by atoms with Gasteiger partial charge in [-0.1, -0.05) is 69.5 Å². The van der Waals surface area contributed by atoms with Crippen molar-refractivity contribution in [1.29, 1.82) is 0 Å². The number of ether oxygens (including phenoxy) is 2. The predicted octanol–water partition coefficient (Wildman–Crippen LogP) is 5.79. The molecule has 0 spiro atoms. The van der Waals surface area contributed by atoms with Crippen LogP contribution in [0.4, 0.5) is 4.79 Å². The highest BCUT2D eigenvalue weighted by atomic mass is 16.6. The minimum absolute atomic E-state index is 0.338. The van der Waals surface area contributed by atoms with E-state index in [1.54, 1.807) is 0 Å². The zero-order chi connectivity index (χ0) is 26.4. The summed E-state index contributed by atoms with van der Waals surface area (Å²) in [6.45, 7) is 11.5. The van der Waals surface area contributed by atoms with Gasteiger partial charge in [-0.3, -0.25) is 0 Å². The van der Waals surface area contributed by atoms with Crippen LogP contribution in [0.15, 0.2) is 48.5 Å².